The van der Waals surface area contributed by atoms with E-state index >= 15 is 0 Å². The molecule has 0 heterocycles. The third kappa shape index (κ3) is 2.82. The number of rotatable bonds is 2. The average Bonchev–Trinajstić information content (AvgIpc) is 3.31. The van der Waals surface area contributed by atoms with Gasteiger partial charge in [-0.2, -0.15) is 0 Å². The smallest absolute Gasteiger partial charge is 0.00671 e. The van der Waals surface area contributed by atoms with Gasteiger partial charge in [-0.25, -0.2) is 0 Å². The first-order chi connectivity index (χ1) is 13.8. The Hall–Kier alpha value is -2.24. The molecule has 0 spiro atoms. The van der Waals surface area contributed by atoms with Gasteiger partial charge in [-0.3, -0.25) is 0 Å². The minimum Gasteiger partial charge on any atom is -0.0619 e. The molecule has 0 saturated carbocycles. The van der Waals surface area contributed by atoms with Crippen LogP contribution in [0.25, 0.3) is 22.3 Å². The second-order valence-electron chi connectivity index (χ2n) is 8.14. The number of hydrogen-bond donors (Lipinski definition) is 0. The fourth-order valence-corrected chi connectivity index (χ4v) is 5.34. The van der Waals surface area contributed by atoms with Crippen LogP contribution in [0.2, 0.25) is 0 Å². The molecule has 0 unspecified atom stereocenters. The van der Waals surface area contributed by atoms with E-state index in [9.17, 15) is 0 Å². The molecule has 2 aliphatic carbocycles. The van der Waals surface area contributed by atoms with Crippen molar-refractivity contribution in [1.82, 2.24) is 0 Å². The van der Waals surface area contributed by atoms with Crippen LogP contribution in [-0.2, 0) is 39.0 Å². The summed E-state index contributed by atoms with van der Waals surface area (Å²) in [6.07, 6.45) is 2.11. The number of hydrogen-bond acceptors (Lipinski definition) is 0. The van der Waals surface area contributed by atoms with Gasteiger partial charge in [-0.15, -0.1) is 0 Å². The molecule has 2 aliphatic rings. The van der Waals surface area contributed by atoms with Gasteiger partial charge in [0.15, 0.2) is 0 Å². The zero-order chi connectivity index (χ0) is 18.7. The second kappa shape index (κ2) is 7.22. The van der Waals surface area contributed by atoms with Gasteiger partial charge in [0.2, 0.25) is 0 Å². The maximum Gasteiger partial charge on any atom is 0.00671 e. The van der Waals surface area contributed by atoms with Crippen molar-refractivity contribution >= 4 is 0 Å². The van der Waals surface area contributed by atoms with Crippen molar-refractivity contribution in [2.24, 2.45) is 0 Å². The molecule has 0 radical (unpaired) electrons. The molecule has 0 aromatic heterocycles. The van der Waals surface area contributed by atoms with Crippen molar-refractivity contribution in [2.75, 3.05) is 0 Å². The van der Waals surface area contributed by atoms with Crippen LogP contribution in [0.4, 0.5) is 0 Å². The van der Waals surface area contributed by atoms with Crippen molar-refractivity contribution in [2.45, 2.75) is 25.7 Å². The van der Waals surface area contributed by atoms with Crippen LogP contribution in [-0.4, -0.2) is 0 Å². The normalized spacial score (nSPS) is 12.8. The summed E-state index contributed by atoms with van der Waals surface area (Å²) in [4.78, 5) is 0. The van der Waals surface area contributed by atoms with Gasteiger partial charge in [0.25, 0.3) is 0 Å². The van der Waals surface area contributed by atoms with Crippen LogP contribution in [0.1, 0.15) is 46.2 Å². The topological polar surface area (TPSA) is 0 Å². The molecule has 29 heavy (non-hydrogen) atoms. The molecule has 138 valence electrons. The van der Waals surface area contributed by atoms with Crippen LogP contribution in [0.5, 0.6) is 0 Å². The van der Waals surface area contributed by atoms with Gasteiger partial charge >= 0.3 is 0 Å². The van der Waals surface area contributed by atoms with E-state index in [2.05, 4.69) is 91.9 Å². The predicted molar refractivity (Wildman–Crippen MR) is 117 cm³/mol. The van der Waals surface area contributed by atoms with Crippen LogP contribution in [0.15, 0.2) is 84.9 Å². The van der Waals surface area contributed by atoms with E-state index in [1.807, 2.05) is 0 Å². The Bertz CT molecular complexity index is 1140. The molecule has 0 saturated heterocycles. The third-order valence-corrected chi connectivity index (χ3v) is 6.71. The summed E-state index contributed by atoms with van der Waals surface area (Å²) in [6.45, 7) is 2.39. The summed E-state index contributed by atoms with van der Waals surface area (Å²) in [6, 6.07) is 31.5. The summed E-state index contributed by atoms with van der Waals surface area (Å²) in [5.41, 5.74) is 14.6. The standard InChI is InChI=1S/C28H22.Zr/c1-18(21-12-6-14-25-23-10-4-2-8-19(23)16-27(21)25)22-13-7-15-26-24-11-5-3-9-20(24)17-28(22)26;/h2-15,18H,16-17H2,1H3;. The molecule has 6 rings (SSSR count). The fraction of sp³-hybridized carbons (Fsp3) is 0.143. The van der Waals surface area contributed by atoms with Crippen LogP contribution in [0, 0.1) is 0 Å². The monoisotopic (exact) mass is 448 g/mol. The van der Waals surface area contributed by atoms with E-state index in [1.165, 1.54) is 55.6 Å². The van der Waals surface area contributed by atoms with E-state index in [-0.39, 0.29) is 26.2 Å². The van der Waals surface area contributed by atoms with Crippen molar-refractivity contribution < 1.29 is 26.2 Å². The summed E-state index contributed by atoms with van der Waals surface area (Å²) in [5, 5.41) is 0. The molecule has 4 aromatic carbocycles. The summed E-state index contributed by atoms with van der Waals surface area (Å²) < 4.78 is 0. The zero-order valence-electron chi connectivity index (χ0n) is 16.6. The molecule has 0 aliphatic heterocycles. The van der Waals surface area contributed by atoms with E-state index in [0.29, 0.717) is 5.92 Å². The molecule has 0 N–H and O–H groups in total. The van der Waals surface area contributed by atoms with Gasteiger partial charge < -0.3 is 0 Å². The average molecular weight is 450 g/mol. The predicted octanol–water partition coefficient (Wildman–Crippen LogP) is 6.98. The van der Waals surface area contributed by atoms with Gasteiger partial charge in [0, 0.05) is 32.1 Å². The molecular weight excluding hydrogens is 428 g/mol. The third-order valence-electron chi connectivity index (χ3n) is 6.71. The van der Waals surface area contributed by atoms with Crippen LogP contribution in [0.3, 0.4) is 0 Å². The Kier molecular flexibility index (Phi) is 4.68. The molecule has 0 nitrogen and oxygen atoms in total. The Balaban J connectivity index is 0.00000181. The van der Waals surface area contributed by atoms with Gasteiger partial charge in [-0.05, 0) is 68.5 Å². The minimum absolute atomic E-state index is 0. The number of benzene rings is 4. The van der Waals surface area contributed by atoms with E-state index < -0.39 is 0 Å². The maximum absolute atomic E-state index is 2.39. The summed E-state index contributed by atoms with van der Waals surface area (Å²) in [7, 11) is 0. The first-order valence-electron chi connectivity index (χ1n) is 10.2. The Morgan fingerprint density at radius 2 is 0.931 bits per heavy atom. The van der Waals surface area contributed by atoms with Crippen LogP contribution < -0.4 is 0 Å². The Labute approximate surface area is 191 Å². The first kappa shape index (κ1) is 18.8. The molecule has 4 aromatic rings. The van der Waals surface area contributed by atoms with E-state index in [1.54, 1.807) is 0 Å². The molecule has 0 amide bonds. The van der Waals surface area contributed by atoms with Crippen molar-refractivity contribution in [3.63, 3.8) is 0 Å². The van der Waals surface area contributed by atoms with Crippen molar-refractivity contribution in [3.05, 3.63) is 118 Å². The Morgan fingerprint density at radius 1 is 0.517 bits per heavy atom. The van der Waals surface area contributed by atoms with E-state index in [0.717, 1.165) is 12.8 Å². The fourth-order valence-electron chi connectivity index (χ4n) is 5.34. The van der Waals surface area contributed by atoms with Crippen LogP contribution >= 0.6 is 0 Å². The largest absolute Gasteiger partial charge is 0.0619 e. The molecule has 0 fully saturated rings. The number of fused-ring (bicyclic) bond motifs is 6. The van der Waals surface area contributed by atoms with Gasteiger partial charge in [0.05, 0.1) is 0 Å². The second-order valence-corrected chi connectivity index (χ2v) is 8.14. The summed E-state index contributed by atoms with van der Waals surface area (Å²) in [5.74, 6) is 0.397. The van der Waals surface area contributed by atoms with E-state index in [4.69, 9.17) is 0 Å². The molecular formula is C28H22Zr. The summed E-state index contributed by atoms with van der Waals surface area (Å²) >= 11 is 0. The molecule has 0 atom stereocenters. The first-order valence-corrected chi connectivity index (χ1v) is 10.2. The minimum atomic E-state index is 0. The van der Waals surface area contributed by atoms with Crippen molar-refractivity contribution in [3.8, 4) is 22.3 Å². The quantitative estimate of drug-likeness (QED) is 0.267. The molecule has 0 bridgehead atoms. The van der Waals surface area contributed by atoms with Gasteiger partial charge in [0.1, 0.15) is 0 Å². The van der Waals surface area contributed by atoms with Crippen molar-refractivity contribution in [1.29, 1.82) is 0 Å². The Morgan fingerprint density at radius 3 is 1.41 bits per heavy atom. The molecule has 1 heteroatoms. The zero-order valence-corrected chi connectivity index (χ0v) is 19.0. The maximum atomic E-state index is 2.39. The van der Waals surface area contributed by atoms with Gasteiger partial charge in [-0.1, -0.05) is 91.9 Å². The SMILES string of the molecule is CC(c1cccc2c1Cc1ccccc1-2)c1cccc2c1Cc1ccccc1-2.[Zr].